The molecule has 5 rings (SSSR count). The number of imidazole rings is 1. The molecule has 0 spiro atoms. The van der Waals surface area contributed by atoms with Gasteiger partial charge in [0.2, 0.25) is 0 Å². The van der Waals surface area contributed by atoms with Gasteiger partial charge in [0.15, 0.2) is 5.82 Å². The number of hydrogen-bond acceptors (Lipinski definition) is 4. The molecule has 4 aromatic rings. The van der Waals surface area contributed by atoms with Gasteiger partial charge in [0.25, 0.3) is 0 Å². The summed E-state index contributed by atoms with van der Waals surface area (Å²) in [5, 5.41) is 2.14. The summed E-state index contributed by atoms with van der Waals surface area (Å²) in [6.07, 6.45) is 7.56. The maximum atomic E-state index is 5.47. The molecule has 1 N–H and O–H groups in total. The molecule has 0 aliphatic carbocycles. The minimum absolute atomic E-state index is 0.814. The van der Waals surface area contributed by atoms with E-state index in [2.05, 4.69) is 45.7 Å². The van der Waals surface area contributed by atoms with E-state index >= 15 is 0 Å². The van der Waals surface area contributed by atoms with E-state index in [9.17, 15) is 0 Å². The van der Waals surface area contributed by atoms with Crippen molar-refractivity contribution < 1.29 is 4.74 Å². The first-order valence-corrected chi connectivity index (χ1v) is 9.04. The van der Waals surface area contributed by atoms with Gasteiger partial charge >= 0.3 is 0 Å². The summed E-state index contributed by atoms with van der Waals surface area (Å²) in [5.74, 6) is 1.64. The van der Waals surface area contributed by atoms with Crippen molar-refractivity contribution in [1.29, 1.82) is 0 Å². The van der Waals surface area contributed by atoms with Gasteiger partial charge in [-0.05, 0) is 35.6 Å². The van der Waals surface area contributed by atoms with Crippen LogP contribution in [-0.4, -0.2) is 21.8 Å². The first-order valence-electron chi connectivity index (χ1n) is 9.04. The summed E-state index contributed by atoms with van der Waals surface area (Å²) in [4.78, 5) is 8.89. The van der Waals surface area contributed by atoms with Gasteiger partial charge < -0.3 is 4.74 Å². The van der Waals surface area contributed by atoms with E-state index in [0.717, 1.165) is 44.5 Å². The van der Waals surface area contributed by atoms with Crippen LogP contribution < -0.4 is 20.6 Å². The van der Waals surface area contributed by atoms with Gasteiger partial charge in [-0.3, -0.25) is 10.4 Å². The molecule has 5 heteroatoms. The van der Waals surface area contributed by atoms with Crippen LogP contribution in [0.15, 0.2) is 79.3 Å². The molecule has 0 fully saturated rings. The van der Waals surface area contributed by atoms with Gasteiger partial charge in [-0.2, -0.15) is 0 Å². The number of hydrogen-bond donors (Lipinski definition) is 1. The van der Waals surface area contributed by atoms with Crippen molar-refractivity contribution in [2.24, 2.45) is 0 Å². The van der Waals surface area contributed by atoms with Gasteiger partial charge in [-0.1, -0.05) is 36.4 Å². The van der Waals surface area contributed by atoms with Crippen LogP contribution in [0.3, 0.4) is 0 Å². The molecule has 136 valence electrons. The van der Waals surface area contributed by atoms with Crippen molar-refractivity contribution in [2.45, 2.75) is 0 Å². The lowest BCUT2D eigenvalue weighted by Gasteiger charge is -2.16. The third-order valence-electron chi connectivity index (χ3n) is 4.85. The van der Waals surface area contributed by atoms with Crippen molar-refractivity contribution in [3.05, 3.63) is 101 Å². The highest BCUT2D eigenvalue weighted by molar-refractivity contribution is 5.74. The molecule has 1 aliphatic rings. The second-order valence-electron chi connectivity index (χ2n) is 6.53. The average molecular weight is 366 g/mol. The number of nitrogens with one attached hydrogen (secondary N) is 1. The molecule has 1 aliphatic heterocycles. The molecule has 3 heterocycles. The van der Waals surface area contributed by atoms with E-state index in [1.165, 1.54) is 0 Å². The van der Waals surface area contributed by atoms with Gasteiger partial charge in [0, 0.05) is 28.7 Å². The molecule has 0 unspecified atom stereocenters. The number of pyridine rings is 1. The molecular formula is C23H18N4O. The highest BCUT2D eigenvalue weighted by atomic mass is 16.5. The lowest BCUT2D eigenvalue weighted by atomic mass is 10.1. The average Bonchev–Trinajstić information content (AvgIpc) is 3.08. The zero-order chi connectivity index (χ0) is 18.9. The summed E-state index contributed by atoms with van der Waals surface area (Å²) in [5.41, 5.74) is 7.62. The van der Waals surface area contributed by atoms with E-state index < -0.39 is 0 Å². The van der Waals surface area contributed by atoms with Gasteiger partial charge in [0.05, 0.1) is 24.7 Å². The topological polar surface area (TPSA) is 52.0 Å². The molecule has 0 radical (unpaired) electrons. The Morgan fingerprint density at radius 2 is 1.79 bits per heavy atom. The second kappa shape index (κ2) is 6.70. The molecule has 0 saturated carbocycles. The molecular weight excluding hydrogens is 348 g/mol. The van der Waals surface area contributed by atoms with Crippen molar-refractivity contribution in [1.82, 2.24) is 14.6 Å². The lowest BCUT2D eigenvalue weighted by molar-refractivity contribution is 0.414. The summed E-state index contributed by atoms with van der Waals surface area (Å²) >= 11 is 0. The SMILES string of the molecule is COc1ccc2c(c1)=C(c1ccccc1)Nn1c(-c3cccnc3)cnc1C=2. The largest absolute Gasteiger partial charge is 0.497 e. The quantitative estimate of drug-likeness (QED) is 0.605. The highest BCUT2D eigenvalue weighted by Gasteiger charge is 2.16. The van der Waals surface area contributed by atoms with Crippen LogP contribution in [0.2, 0.25) is 0 Å². The predicted octanol–water partition coefficient (Wildman–Crippen LogP) is 2.50. The molecule has 2 aromatic carbocycles. The third kappa shape index (κ3) is 2.74. The van der Waals surface area contributed by atoms with Crippen LogP contribution in [0.4, 0.5) is 0 Å². The number of nitrogens with zero attached hydrogens (tertiary/aromatic N) is 3. The van der Waals surface area contributed by atoms with E-state index in [0.29, 0.717) is 0 Å². The minimum atomic E-state index is 0.814. The van der Waals surface area contributed by atoms with Crippen molar-refractivity contribution in [3.63, 3.8) is 0 Å². The molecule has 2 aromatic heterocycles. The van der Waals surface area contributed by atoms with Crippen molar-refractivity contribution in [3.8, 4) is 17.0 Å². The summed E-state index contributed by atoms with van der Waals surface area (Å²) in [6, 6.07) is 20.3. The number of aromatic nitrogens is 3. The van der Waals surface area contributed by atoms with Crippen molar-refractivity contribution >= 4 is 11.8 Å². The number of methoxy groups -OCH3 is 1. The van der Waals surface area contributed by atoms with E-state index in [1.807, 2.05) is 53.5 Å². The number of ether oxygens (including phenoxy) is 1. The van der Waals surface area contributed by atoms with Crippen LogP contribution in [0, 0.1) is 0 Å². The standard InChI is InChI=1S/C23H18N4O/c1-28-19-10-9-17-12-22-25-15-21(18-8-5-11-24-14-18)27(22)26-23(20(17)13-19)16-6-3-2-4-7-16/h2-15,26H,1H3. The Labute approximate surface area is 162 Å². The molecule has 0 amide bonds. The van der Waals surface area contributed by atoms with Crippen LogP contribution >= 0.6 is 0 Å². The van der Waals surface area contributed by atoms with Gasteiger partial charge in [0.1, 0.15) is 5.75 Å². The fourth-order valence-electron chi connectivity index (χ4n) is 3.44. The predicted molar refractivity (Wildman–Crippen MR) is 110 cm³/mol. The molecule has 0 saturated heterocycles. The monoisotopic (exact) mass is 366 g/mol. The maximum Gasteiger partial charge on any atom is 0.152 e. The molecule has 0 bridgehead atoms. The molecule has 5 nitrogen and oxygen atoms in total. The summed E-state index contributed by atoms with van der Waals surface area (Å²) in [7, 11) is 1.68. The Hall–Kier alpha value is -3.86. The first-order chi connectivity index (χ1) is 13.8. The molecule has 28 heavy (non-hydrogen) atoms. The number of fused-ring (bicyclic) bond motifs is 2. The van der Waals surface area contributed by atoms with Gasteiger partial charge in [-0.25, -0.2) is 9.66 Å². The van der Waals surface area contributed by atoms with Crippen LogP contribution in [-0.2, 0) is 0 Å². The van der Waals surface area contributed by atoms with Crippen LogP contribution in [0.5, 0.6) is 5.75 Å². The Balaban J connectivity index is 1.80. The third-order valence-corrected chi connectivity index (χ3v) is 4.85. The number of rotatable bonds is 3. The lowest BCUT2D eigenvalue weighted by Crippen LogP contribution is -2.30. The zero-order valence-electron chi connectivity index (χ0n) is 15.3. The second-order valence-corrected chi connectivity index (χ2v) is 6.53. The fraction of sp³-hybridized carbons (Fsp3) is 0.0435. The molecule has 0 atom stereocenters. The zero-order valence-corrected chi connectivity index (χ0v) is 15.3. The van der Waals surface area contributed by atoms with Crippen molar-refractivity contribution in [2.75, 3.05) is 12.5 Å². The normalized spacial score (nSPS) is 12.2. The number of benzene rings is 2. The van der Waals surface area contributed by atoms with E-state index in [4.69, 9.17) is 4.74 Å². The smallest absolute Gasteiger partial charge is 0.152 e. The Bertz CT molecular complexity index is 1260. The first kappa shape index (κ1) is 16.3. The van der Waals surface area contributed by atoms with Gasteiger partial charge in [-0.15, -0.1) is 0 Å². The van der Waals surface area contributed by atoms with E-state index in [1.54, 1.807) is 13.3 Å². The van der Waals surface area contributed by atoms with E-state index in [-0.39, 0.29) is 0 Å². The van der Waals surface area contributed by atoms with Crippen LogP contribution in [0.25, 0.3) is 23.0 Å². The van der Waals surface area contributed by atoms with Crippen LogP contribution in [0.1, 0.15) is 11.4 Å². The highest BCUT2D eigenvalue weighted by Crippen LogP contribution is 2.22. The maximum absolute atomic E-state index is 5.47. The Kier molecular flexibility index (Phi) is 3.91. The summed E-state index contributed by atoms with van der Waals surface area (Å²) < 4.78 is 7.48. The minimum Gasteiger partial charge on any atom is -0.497 e. The Morgan fingerprint density at radius 1 is 0.929 bits per heavy atom. The summed E-state index contributed by atoms with van der Waals surface area (Å²) in [6.45, 7) is 0. The fourth-order valence-corrected chi connectivity index (χ4v) is 3.44. The Morgan fingerprint density at radius 3 is 2.57 bits per heavy atom.